The molecule has 1 aliphatic carbocycles. The second-order valence-electron chi connectivity index (χ2n) is 12.0. The molecular formula is C35H28F2N6O6. The SMILES string of the molecule is NC(=O)OC(c1cn2cc(F)ccc2n1)[C@H]1CC[C@@H](n2c(=O)c3cc(F)cnc3n(-c3cccc(-c4ccc(O)cc4C=O)c3)c2=O)CC1. The van der Waals surface area contributed by atoms with E-state index in [0.717, 1.165) is 16.8 Å². The van der Waals surface area contributed by atoms with Crippen LogP contribution in [0.4, 0.5) is 13.6 Å². The number of nitrogens with two attached hydrogens (primary N) is 1. The van der Waals surface area contributed by atoms with Gasteiger partial charge in [0, 0.05) is 29.9 Å². The second kappa shape index (κ2) is 12.4. The van der Waals surface area contributed by atoms with E-state index >= 15 is 0 Å². The van der Waals surface area contributed by atoms with Gasteiger partial charge in [-0.25, -0.2) is 32.9 Å². The molecule has 1 saturated carbocycles. The van der Waals surface area contributed by atoms with Crippen molar-refractivity contribution < 1.29 is 28.2 Å². The lowest BCUT2D eigenvalue weighted by atomic mass is 9.81. The molecule has 2 aromatic carbocycles. The first-order valence-corrected chi connectivity index (χ1v) is 15.4. The number of rotatable bonds is 7. The van der Waals surface area contributed by atoms with Crippen LogP contribution in [0, 0.1) is 17.6 Å². The Morgan fingerprint density at radius 2 is 1.80 bits per heavy atom. The van der Waals surface area contributed by atoms with Crippen LogP contribution in [-0.2, 0) is 4.74 Å². The standard InChI is InChI=1S/C35H28F2N6O6/c36-22-6-11-30-40-29(17-41(30)16-22)31(49-34(38)47)19-4-7-24(8-5-19)43-33(46)28-14-23(37)15-39-32(28)42(35(43)48)25-3-1-2-20(12-25)27-10-9-26(45)13-21(27)18-44/h1-3,6,9-19,24,31,45H,4-5,7-8H2,(H2,38,47)/t19-,24+,31?. The molecule has 0 saturated heterocycles. The third-order valence-electron chi connectivity index (χ3n) is 8.97. The van der Waals surface area contributed by atoms with Crippen LogP contribution in [0.15, 0.2) is 88.8 Å². The van der Waals surface area contributed by atoms with Crippen LogP contribution in [0.25, 0.3) is 33.5 Å². The highest BCUT2D eigenvalue weighted by atomic mass is 19.1. The minimum Gasteiger partial charge on any atom is -0.508 e. The van der Waals surface area contributed by atoms with Crippen LogP contribution in [0.5, 0.6) is 5.75 Å². The molecule has 1 unspecified atom stereocenters. The van der Waals surface area contributed by atoms with Gasteiger partial charge in [0.1, 0.15) is 34.8 Å². The molecule has 0 radical (unpaired) electrons. The summed E-state index contributed by atoms with van der Waals surface area (Å²) >= 11 is 0. The lowest BCUT2D eigenvalue weighted by molar-refractivity contribution is 0.0445. The number of phenols is 1. The molecule has 248 valence electrons. The molecule has 4 aromatic heterocycles. The number of primary amides is 1. The Kier molecular flexibility index (Phi) is 7.98. The Hall–Kier alpha value is -6.18. The fourth-order valence-corrected chi connectivity index (χ4v) is 6.77. The lowest BCUT2D eigenvalue weighted by Crippen LogP contribution is -2.43. The van der Waals surface area contributed by atoms with Crippen molar-refractivity contribution in [3.63, 3.8) is 0 Å². The summed E-state index contributed by atoms with van der Waals surface area (Å²) in [6.07, 6.45) is 3.94. The van der Waals surface area contributed by atoms with Crippen molar-refractivity contribution in [2.75, 3.05) is 0 Å². The Labute approximate surface area is 275 Å². The van der Waals surface area contributed by atoms with Crippen LogP contribution in [0.3, 0.4) is 0 Å². The lowest BCUT2D eigenvalue weighted by Gasteiger charge is -2.33. The number of fused-ring (bicyclic) bond motifs is 2. The minimum absolute atomic E-state index is 0.0435. The highest BCUT2D eigenvalue weighted by Gasteiger charge is 2.35. The van der Waals surface area contributed by atoms with Crippen molar-refractivity contribution >= 4 is 29.1 Å². The van der Waals surface area contributed by atoms with Crippen molar-refractivity contribution in [1.82, 2.24) is 23.5 Å². The number of nitrogens with zero attached hydrogens (tertiary/aromatic N) is 5. The van der Waals surface area contributed by atoms with Gasteiger partial charge < -0.3 is 20.0 Å². The Morgan fingerprint density at radius 3 is 2.55 bits per heavy atom. The number of halogens is 2. The predicted octanol–water partition coefficient (Wildman–Crippen LogP) is 5.23. The quantitative estimate of drug-likeness (QED) is 0.219. The molecular weight excluding hydrogens is 638 g/mol. The molecule has 3 N–H and O–H groups in total. The van der Waals surface area contributed by atoms with Gasteiger partial charge in [0.15, 0.2) is 11.9 Å². The highest BCUT2D eigenvalue weighted by molar-refractivity contribution is 5.88. The van der Waals surface area contributed by atoms with E-state index in [2.05, 4.69) is 9.97 Å². The number of phenolic OH excluding ortho intramolecular Hbond substituents is 1. The van der Waals surface area contributed by atoms with E-state index in [-0.39, 0.29) is 28.3 Å². The van der Waals surface area contributed by atoms with Crippen LogP contribution in [0.1, 0.15) is 53.9 Å². The topological polar surface area (TPSA) is 164 Å². The summed E-state index contributed by atoms with van der Waals surface area (Å²) in [6, 6.07) is 14.2. The van der Waals surface area contributed by atoms with Gasteiger partial charge in [-0.3, -0.25) is 14.2 Å². The smallest absolute Gasteiger partial charge is 0.405 e. The summed E-state index contributed by atoms with van der Waals surface area (Å²) in [5.41, 5.74) is 6.41. The van der Waals surface area contributed by atoms with Gasteiger partial charge in [-0.15, -0.1) is 0 Å². The Morgan fingerprint density at radius 1 is 1.00 bits per heavy atom. The third kappa shape index (κ3) is 5.81. The molecule has 6 aromatic rings. The Balaban J connectivity index is 1.27. The molecule has 0 bridgehead atoms. The third-order valence-corrected chi connectivity index (χ3v) is 8.97. The van der Waals surface area contributed by atoms with Crippen LogP contribution >= 0.6 is 0 Å². The highest BCUT2D eigenvalue weighted by Crippen LogP contribution is 2.40. The summed E-state index contributed by atoms with van der Waals surface area (Å²) < 4.78 is 37.6. The number of aromatic nitrogens is 5. The van der Waals surface area contributed by atoms with Crippen LogP contribution in [0.2, 0.25) is 0 Å². The number of hydrogen-bond donors (Lipinski definition) is 2. The number of imidazole rings is 1. The maximum atomic E-state index is 14.5. The molecule has 1 fully saturated rings. The van der Waals surface area contributed by atoms with Crippen LogP contribution < -0.4 is 17.0 Å². The molecule has 12 nitrogen and oxygen atoms in total. The summed E-state index contributed by atoms with van der Waals surface area (Å²) in [5, 5.41) is 9.77. The normalized spacial score (nSPS) is 16.9. The molecule has 1 aliphatic rings. The summed E-state index contributed by atoms with van der Waals surface area (Å²) in [6.45, 7) is 0. The molecule has 49 heavy (non-hydrogen) atoms. The molecule has 4 heterocycles. The van der Waals surface area contributed by atoms with E-state index in [0.29, 0.717) is 60.1 Å². The van der Waals surface area contributed by atoms with E-state index in [4.69, 9.17) is 10.5 Å². The predicted molar refractivity (Wildman–Crippen MR) is 174 cm³/mol. The van der Waals surface area contributed by atoms with Gasteiger partial charge in [0.05, 0.1) is 17.3 Å². The van der Waals surface area contributed by atoms with E-state index in [1.54, 1.807) is 36.5 Å². The number of hydrogen-bond acceptors (Lipinski definition) is 8. The van der Waals surface area contributed by atoms with Gasteiger partial charge in [-0.05, 0) is 85.3 Å². The largest absolute Gasteiger partial charge is 0.508 e. The van der Waals surface area contributed by atoms with Crippen molar-refractivity contribution in [3.8, 4) is 22.6 Å². The molecule has 0 aliphatic heterocycles. The van der Waals surface area contributed by atoms with Crippen LogP contribution in [-0.4, -0.2) is 41.0 Å². The number of benzene rings is 2. The van der Waals surface area contributed by atoms with E-state index in [1.807, 2.05) is 0 Å². The fraction of sp³-hybridized carbons (Fsp3) is 0.200. The summed E-state index contributed by atoms with van der Waals surface area (Å²) in [5.74, 6) is -1.59. The van der Waals surface area contributed by atoms with Crippen molar-refractivity contribution in [2.24, 2.45) is 11.7 Å². The minimum atomic E-state index is -1.01. The van der Waals surface area contributed by atoms with Gasteiger partial charge in [0.2, 0.25) is 0 Å². The number of amides is 1. The van der Waals surface area contributed by atoms with Crippen molar-refractivity contribution in [1.29, 1.82) is 0 Å². The van der Waals surface area contributed by atoms with Crippen molar-refractivity contribution in [2.45, 2.75) is 37.8 Å². The maximum Gasteiger partial charge on any atom is 0.405 e. The average molecular weight is 667 g/mol. The van der Waals surface area contributed by atoms with Gasteiger partial charge in [-0.1, -0.05) is 12.1 Å². The van der Waals surface area contributed by atoms with Crippen molar-refractivity contribution in [3.05, 3.63) is 123 Å². The zero-order valence-corrected chi connectivity index (χ0v) is 25.7. The molecule has 1 amide bonds. The van der Waals surface area contributed by atoms with Gasteiger partial charge >= 0.3 is 11.8 Å². The first kappa shape index (κ1) is 31.4. The number of aldehydes is 1. The number of carbonyl (C=O) groups excluding carboxylic acids is 2. The zero-order chi connectivity index (χ0) is 34.4. The Bertz CT molecular complexity index is 2400. The molecule has 7 rings (SSSR count). The monoisotopic (exact) mass is 666 g/mol. The fourth-order valence-electron chi connectivity index (χ4n) is 6.77. The van der Waals surface area contributed by atoms with Gasteiger partial charge in [-0.2, -0.15) is 0 Å². The first-order valence-electron chi connectivity index (χ1n) is 15.4. The molecule has 1 atom stereocenters. The summed E-state index contributed by atoms with van der Waals surface area (Å²) in [7, 11) is 0. The first-order chi connectivity index (χ1) is 23.6. The summed E-state index contributed by atoms with van der Waals surface area (Å²) in [4.78, 5) is 60.5. The molecule has 14 heteroatoms. The second-order valence-corrected chi connectivity index (χ2v) is 12.0. The van der Waals surface area contributed by atoms with Gasteiger partial charge in [0.25, 0.3) is 5.56 Å². The number of aromatic hydroxyl groups is 1. The number of pyridine rings is 2. The average Bonchev–Trinajstić information content (AvgIpc) is 3.51. The zero-order valence-electron chi connectivity index (χ0n) is 25.7. The van der Waals surface area contributed by atoms with E-state index in [1.165, 1.54) is 39.4 Å². The van der Waals surface area contributed by atoms with E-state index in [9.17, 15) is 33.1 Å². The maximum absolute atomic E-state index is 14.5. The van der Waals surface area contributed by atoms with E-state index < -0.39 is 41.1 Å². The molecule has 0 spiro atoms. The number of carbonyl (C=O) groups is 2. The number of ether oxygens (including phenoxy) is 1.